The number of Topliss-reactive ketones (excluding diaryl/α,β-unsaturated/α-hetero) is 1. The van der Waals surface area contributed by atoms with E-state index in [1.807, 2.05) is 42.5 Å². The first-order valence-corrected chi connectivity index (χ1v) is 7.85. The topological polar surface area (TPSA) is 83.6 Å². The number of aromatic nitrogens is 4. The molecule has 0 bridgehead atoms. The van der Waals surface area contributed by atoms with Gasteiger partial charge in [0.25, 0.3) is 0 Å². The van der Waals surface area contributed by atoms with Crippen molar-refractivity contribution in [2.45, 2.75) is 6.92 Å². The van der Waals surface area contributed by atoms with Gasteiger partial charge in [0.05, 0.1) is 6.33 Å². The van der Waals surface area contributed by atoms with Gasteiger partial charge in [-0.3, -0.25) is 4.79 Å². The Morgan fingerprint density at radius 3 is 2.68 bits per heavy atom. The highest BCUT2D eigenvalue weighted by Gasteiger charge is 2.12. The number of carbonyl (C=O) groups excluding carboxylic acids is 1. The van der Waals surface area contributed by atoms with Gasteiger partial charge < -0.3 is 10.3 Å². The number of aromatic amines is 1. The molecule has 0 saturated heterocycles. The van der Waals surface area contributed by atoms with Crippen LogP contribution in [0.3, 0.4) is 0 Å². The van der Waals surface area contributed by atoms with Crippen LogP contribution in [0.1, 0.15) is 17.3 Å². The number of nitrogens with one attached hydrogen (secondary N) is 2. The number of anilines is 2. The summed E-state index contributed by atoms with van der Waals surface area (Å²) >= 11 is 0. The van der Waals surface area contributed by atoms with E-state index in [1.165, 1.54) is 0 Å². The Bertz CT molecular complexity index is 1060. The molecule has 0 amide bonds. The first-order valence-electron chi connectivity index (χ1n) is 7.85. The number of benzene rings is 2. The number of nitrogens with zero attached hydrogens (tertiary/aromatic N) is 3. The third kappa shape index (κ3) is 2.97. The molecular weight excluding hydrogens is 314 g/mol. The van der Waals surface area contributed by atoms with E-state index >= 15 is 0 Å². The maximum atomic E-state index is 11.6. The molecule has 0 aliphatic rings. The molecule has 2 heterocycles. The second kappa shape index (κ2) is 6.16. The maximum Gasteiger partial charge on any atom is 0.183 e. The minimum Gasteiger partial charge on any atom is -0.340 e. The molecule has 0 fully saturated rings. The van der Waals surface area contributed by atoms with Crippen LogP contribution in [0.15, 0.2) is 60.9 Å². The molecule has 0 aliphatic carbocycles. The van der Waals surface area contributed by atoms with Crippen LogP contribution in [0.4, 0.5) is 11.5 Å². The van der Waals surface area contributed by atoms with Gasteiger partial charge in [0.15, 0.2) is 23.1 Å². The molecule has 2 N–H and O–H groups in total. The zero-order chi connectivity index (χ0) is 17.2. The molecule has 2 aromatic heterocycles. The highest BCUT2D eigenvalue weighted by atomic mass is 16.1. The molecule has 6 heteroatoms. The lowest BCUT2D eigenvalue weighted by atomic mass is 10.1. The van der Waals surface area contributed by atoms with Crippen LogP contribution in [-0.4, -0.2) is 25.7 Å². The van der Waals surface area contributed by atoms with Gasteiger partial charge in [0, 0.05) is 16.8 Å². The predicted molar refractivity (Wildman–Crippen MR) is 96.8 cm³/mol. The summed E-state index contributed by atoms with van der Waals surface area (Å²) in [5, 5.41) is 3.29. The zero-order valence-corrected chi connectivity index (χ0v) is 13.5. The number of ketones is 1. The smallest absolute Gasteiger partial charge is 0.183 e. The minimum atomic E-state index is 0.00494. The molecule has 0 radical (unpaired) electrons. The second-order valence-corrected chi connectivity index (χ2v) is 5.62. The lowest BCUT2D eigenvalue weighted by Crippen LogP contribution is -2.00. The summed E-state index contributed by atoms with van der Waals surface area (Å²) in [7, 11) is 0. The summed E-state index contributed by atoms with van der Waals surface area (Å²) in [5.74, 6) is 1.16. The maximum absolute atomic E-state index is 11.6. The number of H-pyrrole nitrogens is 1. The van der Waals surface area contributed by atoms with Crippen LogP contribution in [0, 0.1) is 0 Å². The van der Waals surface area contributed by atoms with Crippen LogP contribution in [0.2, 0.25) is 0 Å². The van der Waals surface area contributed by atoms with Crippen molar-refractivity contribution in [3.8, 4) is 11.4 Å². The van der Waals surface area contributed by atoms with Crippen molar-refractivity contribution in [3.05, 3.63) is 66.5 Å². The highest BCUT2D eigenvalue weighted by molar-refractivity contribution is 5.95. The van der Waals surface area contributed by atoms with E-state index in [1.54, 1.807) is 25.4 Å². The molecule has 4 aromatic rings. The van der Waals surface area contributed by atoms with Gasteiger partial charge in [-0.05, 0) is 25.1 Å². The van der Waals surface area contributed by atoms with Crippen LogP contribution in [0.5, 0.6) is 0 Å². The molecule has 25 heavy (non-hydrogen) atoms. The van der Waals surface area contributed by atoms with Crippen molar-refractivity contribution >= 4 is 28.5 Å². The first kappa shape index (κ1) is 15.0. The van der Waals surface area contributed by atoms with Crippen molar-refractivity contribution < 1.29 is 4.79 Å². The fourth-order valence-corrected chi connectivity index (χ4v) is 2.59. The summed E-state index contributed by atoms with van der Waals surface area (Å²) in [6, 6.07) is 17.1. The van der Waals surface area contributed by atoms with Crippen molar-refractivity contribution in [1.29, 1.82) is 0 Å². The third-order valence-corrected chi connectivity index (χ3v) is 3.85. The van der Waals surface area contributed by atoms with Gasteiger partial charge in [0.2, 0.25) is 0 Å². The molecular formula is C19H15N5O. The quantitative estimate of drug-likeness (QED) is 0.554. The number of hydrogen-bond acceptors (Lipinski definition) is 5. The van der Waals surface area contributed by atoms with Crippen LogP contribution < -0.4 is 5.32 Å². The molecule has 0 spiro atoms. The van der Waals surface area contributed by atoms with Crippen molar-refractivity contribution in [2.24, 2.45) is 0 Å². The molecule has 0 atom stereocenters. The Morgan fingerprint density at radius 2 is 1.88 bits per heavy atom. The number of imidazole rings is 1. The average molecular weight is 329 g/mol. The van der Waals surface area contributed by atoms with E-state index in [9.17, 15) is 4.79 Å². The normalized spacial score (nSPS) is 10.8. The van der Waals surface area contributed by atoms with Crippen molar-refractivity contribution in [1.82, 2.24) is 19.9 Å². The average Bonchev–Trinajstić information content (AvgIpc) is 3.11. The Hall–Kier alpha value is -3.54. The van der Waals surface area contributed by atoms with E-state index in [2.05, 4.69) is 25.3 Å². The van der Waals surface area contributed by atoms with Gasteiger partial charge in [-0.2, -0.15) is 0 Å². The van der Waals surface area contributed by atoms with Crippen molar-refractivity contribution in [2.75, 3.05) is 5.32 Å². The Morgan fingerprint density at radius 1 is 1.04 bits per heavy atom. The lowest BCUT2D eigenvalue weighted by Gasteiger charge is -2.09. The summed E-state index contributed by atoms with van der Waals surface area (Å²) in [5.41, 5.74) is 3.61. The Labute approximate surface area is 144 Å². The van der Waals surface area contributed by atoms with E-state index in [0.29, 0.717) is 22.9 Å². The number of hydrogen-bond donors (Lipinski definition) is 2. The molecule has 0 unspecified atom stereocenters. The van der Waals surface area contributed by atoms with E-state index in [-0.39, 0.29) is 5.78 Å². The fourth-order valence-electron chi connectivity index (χ4n) is 2.59. The first-order chi connectivity index (χ1) is 12.2. The molecule has 122 valence electrons. The number of para-hydroxylation sites is 1. The Kier molecular flexibility index (Phi) is 3.70. The van der Waals surface area contributed by atoms with Gasteiger partial charge >= 0.3 is 0 Å². The van der Waals surface area contributed by atoms with Crippen LogP contribution >= 0.6 is 0 Å². The summed E-state index contributed by atoms with van der Waals surface area (Å²) in [6.07, 6.45) is 1.59. The van der Waals surface area contributed by atoms with Gasteiger partial charge in [-0.15, -0.1) is 0 Å². The number of fused-ring (bicyclic) bond motifs is 1. The molecule has 0 aliphatic heterocycles. The Balaban J connectivity index is 1.83. The molecule has 2 aromatic carbocycles. The highest BCUT2D eigenvalue weighted by Crippen LogP contribution is 2.25. The second-order valence-electron chi connectivity index (χ2n) is 5.62. The van der Waals surface area contributed by atoms with Gasteiger partial charge in [-0.1, -0.05) is 36.4 Å². The van der Waals surface area contributed by atoms with E-state index < -0.39 is 0 Å². The SMILES string of the molecule is CC(=O)c1cccc(-c2nc(Nc3ccccc3)c3[nH]cnc3n2)c1. The summed E-state index contributed by atoms with van der Waals surface area (Å²) < 4.78 is 0. The molecule has 6 nitrogen and oxygen atoms in total. The van der Waals surface area contributed by atoms with Crippen molar-refractivity contribution in [3.63, 3.8) is 0 Å². The van der Waals surface area contributed by atoms with Crippen LogP contribution in [-0.2, 0) is 0 Å². The molecule has 4 rings (SSSR count). The van der Waals surface area contributed by atoms with E-state index in [4.69, 9.17) is 0 Å². The largest absolute Gasteiger partial charge is 0.340 e. The third-order valence-electron chi connectivity index (χ3n) is 3.85. The molecule has 0 saturated carbocycles. The summed E-state index contributed by atoms with van der Waals surface area (Å²) in [4.78, 5) is 28.1. The van der Waals surface area contributed by atoms with E-state index in [0.717, 1.165) is 16.8 Å². The fraction of sp³-hybridized carbons (Fsp3) is 0.0526. The predicted octanol–water partition coefficient (Wildman–Crippen LogP) is 3.97. The number of rotatable bonds is 4. The minimum absolute atomic E-state index is 0.00494. The van der Waals surface area contributed by atoms with Gasteiger partial charge in [-0.25, -0.2) is 15.0 Å². The standard InChI is InChI=1S/C19H15N5O/c1-12(25)13-6-5-7-14(10-13)17-23-18-16(20-11-21-18)19(24-17)22-15-8-3-2-4-9-15/h2-11H,1H3,(H2,20,21,22,23,24). The van der Waals surface area contributed by atoms with Gasteiger partial charge in [0.1, 0.15) is 5.52 Å². The lowest BCUT2D eigenvalue weighted by molar-refractivity contribution is 0.101. The summed E-state index contributed by atoms with van der Waals surface area (Å²) in [6.45, 7) is 1.54. The zero-order valence-electron chi connectivity index (χ0n) is 13.5. The monoisotopic (exact) mass is 329 g/mol. The van der Waals surface area contributed by atoms with Crippen LogP contribution in [0.25, 0.3) is 22.6 Å². The number of carbonyl (C=O) groups is 1.